The number of aliphatic hydroxyl groups is 1. The molecule has 3 aromatic rings. The predicted octanol–water partition coefficient (Wildman–Crippen LogP) is 5.68. The molecule has 1 N–H and O–H groups in total. The number of fused-ring (bicyclic) bond motifs is 1. The minimum absolute atomic E-state index is 0.0278. The molecular formula is C31H31NO6. The highest BCUT2D eigenvalue weighted by molar-refractivity contribution is 6.51. The molecule has 2 aliphatic heterocycles. The van der Waals surface area contributed by atoms with Crippen LogP contribution in [0, 0.1) is 5.92 Å². The number of hydrogen-bond donors (Lipinski definition) is 1. The Bertz CT molecular complexity index is 1390. The quantitative estimate of drug-likeness (QED) is 0.249. The molecule has 196 valence electrons. The molecule has 1 fully saturated rings. The number of amides is 1. The zero-order valence-corrected chi connectivity index (χ0v) is 21.8. The fourth-order valence-corrected chi connectivity index (χ4v) is 4.85. The topological polar surface area (TPSA) is 85.3 Å². The second kappa shape index (κ2) is 10.6. The molecule has 1 saturated heterocycles. The zero-order chi connectivity index (χ0) is 26.8. The largest absolute Gasteiger partial charge is 0.507 e. The molecule has 0 aromatic heterocycles. The summed E-state index contributed by atoms with van der Waals surface area (Å²) in [6, 6.07) is 18.8. The third-order valence-electron chi connectivity index (χ3n) is 6.73. The smallest absolute Gasteiger partial charge is 0.300 e. The maximum atomic E-state index is 13.5. The third-order valence-corrected chi connectivity index (χ3v) is 6.73. The van der Waals surface area contributed by atoms with Crippen LogP contribution in [0.2, 0.25) is 0 Å². The fraction of sp³-hybridized carbons (Fsp3) is 0.290. The number of carbonyl (C=O) groups excluding carboxylic acids is 2. The van der Waals surface area contributed by atoms with Gasteiger partial charge in [-0.05, 0) is 84.5 Å². The highest BCUT2D eigenvalue weighted by Gasteiger charge is 2.47. The molecule has 1 atom stereocenters. The van der Waals surface area contributed by atoms with Gasteiger partial charge in [0.1, 0.15) is 23.0 Å². The second-order valence-corrected chi connectivity index (χ2v) is 9.92. The summed E-state index contributed by atoms with van der Waals surface area (Å²) in [6.45, 7) is 5.36. The average Bonchev–Trinajstić information content (AvgIpc) is 3.21. The first kappa shape index (κ1) is 25.4. The van der Waals surface area contributed by atoms with Crippen molar-refractivity contribution in [2.75, 3.05) is 25.2 Å². The molecule has 0 saturated carbocycles. The maximum Gasteiger partial charge on any atom is 0.300 e. The molecule has 5 rings (SSSR count). The van der Waals surface area contributed by atoms with Crippen LogP contribution in [-0.4, -0.2) is 37.1 Å². The molecule has 0 aliphatic carbocycles. The lowest BCUT2D eigenvalue weighted by Gasteiger charge is -2.26. The zero-order valence-electron chi connectivity index (χ0n) is 21.8. The van der Waals surface area contributed by atoms with E-state index in [9.17, 15) is 14.7 Å². The van der Waals surface area contributed by atoms with Crippen molar-refractivity contribution in [3.05, 3.63) is 89.0 Å². The van der Waals surface area contributed by atoms with Crippen LogP contribution in [0.5, 0.6) is 17.2 Å². The van der Waals surface area contributed by atoms with Gasteiger partial charge in [0.05, 0.1) is 31.9 Å². The Labute approximate surface area is 222 Å². The first-order valence-electron chi connectivity index (χ1n) is 12.8. The van der Waals surface area contributed by atoms with Gasteiger partial charge in [0.2, 0.25) is 0 Å². The van der Waals surface area contributed by atoms with Gasteiger partial charge in [-0.25, -0.2) is 0 Å². The summed E-state index contributed by atoms with van der Waals surface area (Å²) in [5, 5.41) is 11.5. The van der Waals surface area contributed by atoms with Crippen molar-refractivity contribution in [3.63, 3.8) is 0 Å². The van der Waals surface area contributed by atoms with E-state index in [2.05, 4.69) is 13.8 Å². The number of aliphatic hydroxyl groups excluding tert-OH is 1. The lowest BCUT2D eigenvalue weighted by molar-refractivity contribution is -0.132. The normalized spacial score (nSPS) is 18.3. The molecule has 2 heterocycles. The summed E-state index contributed by atoms with van der Waals surface area (Å²) in [4.78, 5) is 28.4. The Kier molecular flexibility index (Phi) is 7.09. The van der Waals surface area contributed by atoms with Gasteiger partial charge in [-0.2, -0.15) is 0 Å². The molecule has 1 unspecified atom stereocenters. The van der Waals surface area contributed by atoms with Crippen LogP contribution < -0.4 is 19.1 Å². The van der Waals surface area contributed by atoms with Gasteiger partial charge in [-0.1, -0.05) is 26.0 Å². The standard InChI is InChI=1S/C31H31NO6/c1-19(2)18-38-24-12-10-23(11-13-24)32-28(21-6-4-8-25(17-21)36-3)27(30(34)31(32)35)29(33)22-9-14-26-20(16-22)7-5-15-37-26/h4,6,8-14,16-17,19,28,33H,5,7,15,18H2,1-3H3/b29-27-. The number of rotatable bonds is 7. The van der Waals surface area contributed by atoms with E-state index in [0.29, 0.717) is 47.4 Å². The highest BCUT2D eigenvalue weighted by Crippen LogP contribution is 2.43. The van der Waals surface area contributed by atoms with Gasteiger partial charge in [0, 0.05) is 11.3 Å². The number of hydrogen-bond acceptors (Lipinski definition) is 6. The third kappa shape index (κ3) is 4.84. The molecule has 2 aliphatic rings. The van der Waals surface area contributed by atoms with Gasteiger partial charge in [0.15, 0.2) is 0 Å². The highest BCUT2D eigenvalue weighted by atomic mass is 16.5. The van der Waals surface area contributed by atoms with Crippen LogP contribution >= 0.6 is 0 Å². The van der Waals surface area contributed by atoms with E-state index in [1.165, 1.54) is 4.90 Å². The number of nitrogens with zero attached hydrogens (tertiary/aromatic N) is 1. The van der Waals surface area contributed by atoms with E-state index in [4.69, 9.17) is 14.2 Å². The van der Waals surface area contributed by atoms with Crippen molar-refractivity contribution in [2.45, 2.75) is 32.7 Å². The maximum absolute atomic E-state index is 13.5. The molecular weight excluding hydrogens is 482 g/mol. The van der Waals surface area contributed by atoms with E-state index in [1.807, 2.05) is 12.1 Å². The van der Waals surface area contributed by atoms with E-state index in [-0.39, 0.29) is 11.3 Å². The molecule has 7 nitrogen and oxygen atoms in total. The van der Waals surface area contributed by atoms with Crippen molar-refractivity contribution in [3.8, 4) is 17.2 Å². The van der Waals surface area contributed by atoms with Crippen molar-refractivity contribution in [2.24, 2.45) is 5.92 Å². The number of carbonyl (C=O) groups is 2. The lowest BCUT2D eigenvalue weighted by Crippen LogP contribution is -2.29. The van der Waals surface area contributed by atoms with E-state index < -0.39 is 17.7 Å². The summed E-state index contributed by atoms with van der Waals surface area (Å²) in [6.07, 6.45) is 1.69. The first-order valence-corrected chi connectivity index (χ1v) is 12.8. The first-order chi connectivity index (χ1) is 18.4. The Hall–Kier alpha value is -4.26. The molecule has 38 heavy (non-hydrogen) atoms. The second-order valence-electron chi connectivity index (χ2n) is 9.92. The van der Waals surface area contributed by atoms with Gasteiger partial charge < -0.3 is 19.3 Å². The summed E-state index contributed by atoms with van der Waals surface area (Å²) in [5.41, 5.74) is 2.63. The Morgan fingerprint density at radius 3 is 2.58 bits per heavy atom. The number of aryl methyl sites for hydroxylation is 1. The number of Topliss-reactive ketones (excluding diaryl/α,β-unsaturated/α-hetero) is 1. The van der Waals surface area contributed by atoms with E-state index in [0.717, 1.165) is 24.2 Å². The van der Waals surface area contributed by atoms with Gasteiger partial charge in [-0.15, -0.1) is 0 Å². The molecule has 0 spiro atoms. The van der Waals surface area contributed by atoms with Crippen molar-refractivity contribution in [1.29, 1.82) is 0 Å². The van der Waals surface area contributed by atoms with Gasteiger partial charge in [-0.3, -0.25) is 14.5 Å². The van der Waals surface area contributed by atoms with E-state index in [1.54, 1.807) is 61.7 Å². The average molecular weight is 514 g/mol. The summed E-state index contributed by atoms with van der Waals surface area (Å²) < 4.78 is 16.9. The Balaban J connectivity index is 1.61. The predicted molar refractivity (Wildman–Crippen MR) is 145 cm³/mol. The Morgan fingerprint density at radius 2 is 1.84 bits per heavy atom. The lowest BCUT2D eigenvalue weighted by atomic mass is 9.93. The van der Waals surface area contributed by atoms with Crippen molar-refractivity contribution < 1.29 is 28.9 Å². The van der Waals surface area contributed by atoms with Crippen LogP contribution in [0.15, 0.2) is 72.3 Å². The number of ether oxygens (including phenoxy) is 3. The van der Waals surface area contributed by atoms with Crippen LogP contribution in [0.3, 0.4) is 0 Å². The number of anilines is 1. The van der Waals surface area contributed by atoms with Crippen LogP contribution in [-0.2, 0) is 16.0 Å². The molecule has 0 bridgehead atoms. The van der Waals surface area contributed by atoms with Crippen LogP contribution in [0.4, 0.5) is 5.69 Å². The molecule has 3 aromatic carbocycles. The summed E-state index contributed by atoms with van der Waals surface area (Å²) >= 11 is 0. The minimum Gasteiger partial charge on any atom is -0.507 e. The molecule has 0 radical (unpaired) electrons. The molecule has 7 heteroatoms. The summed E-state index contributed by atoms with van der Waals surface area (Å²) in [7, 11) is 1.56. The number of benzene rings is 3. The fourth-order valence-electron chi connectivity index (χ4n) is 4.85. The van der Waals surface area contributed by atoms with Crippen LogP contribution in [0.1, 0.15) is 43.0 Å². The monoisotopic (exact) mass is 513 g/mol. The minimum atomic E-state index is -0.847. The van der Waals surface area contributed by atoms with Crippen LogP contribution in [0.25, 0.3) is 5.76 Å². The van der Waals surface area contributed by atoms with Crippen molar-refractivity contribution >= 4 is 23.1 Å². The van der Waals surface area contributed by atoms with Crippen molar-refractivity contribution in [1.82, 2.24) is 0 Å². The van der Waals surface area contributed by atoms with Gasteiger partial charge in [0.25, 0.3) is 11.7 Å². The van der Waals surface area contributed by atoms with E-state index >= 15 is 0 Å². The van der Waals surface area contributed by atoms with Gasteiger partial charge >= 0.3 is 0 Å². The number of ketones is 1. The number of methoxy groups -OCH3 is 1. The molecule has 1 amide bonds. The SMILES string of the molecule is COc1cccc(C2/C(=C(/O)c3ccc4c(c3)CCCO4)C(=O)C(=O)N2c2ccc(OCC(C)C)cc2)c1. The summed E-state index contributed by atoms with van der Waals surface area (Å²) in [5.74, 6) is 0.725. The Morgan fingerprint density at radius 1 is 1.05 bits per heavy atom.